The molecule has 1 unspecified atom stereocenters. The molecular formula is C12H12FN3O3S. The molecule has 2 rings (SSSR count). The fourth-order valence-electron chi connectivity index (χ4n) is 1.70. The summed E-state index contributed by atoms with van der Waals surface area (Å²) < 4.78 is 18.8. The zero-order chi connectivity index (χ0) is 14.7. The lowest BCUT2D eigenvalue weighted by Gasteiger charge is -2.14. The minimum absolute atomic E-state index is 0.00485. The van der Waals surface area contributed by atoms with Gasteiger partial charge in [0.15, 0.2) is 11.6 Å². The fourth-order valence-corrected chi connectivity index (χ4v) is 2.35. The van der Waals surface area contributed by atoms with Gasteiger partial charge in [0.25, 0.3) is 0 Å². The number of hydrogen-bond acceptors (Lipinski definition) is 6. The Labute approximate surface area is 118 Å². The van der Waals surface area contributed by atoms with E-state index in [1.165, 1.54) is 24.5 Å². The summed E-state index contributed by atoms with van der Waals surface area (Å²) in [5.74, 6) is -0.703. The summed E-state index contributed by atoms with van der Waals surface area (Å²) >= 11 is 1.44. The van der Waals surface area contributed by atoms with Gasteiger partial charge >= 0.3 is 5.69 Å². The standard InChI is InChI=1S/C12H12FN3O3S/c1-7(12-14-3-4-20-12)15-9-6-11(19-2)10(16(17)18)5-8(9)13/h3-7,15H,1-2H3. The van der Waals surface area contributed by atoms with E-state index in [0.29, 0.717) is 0 Å². The number of thiazole rings is 1. The predicted octanol–water partition coefficient (Wildman–Crippen LogP) is 3.37. The summed E-state index contributed by atoms with van der Waals surface area (Å²) in [5, 5.41) is 16.3. The number of nitrogens with zero attached hydrogens (tertiary/aromatic N) is 2. The van der Waals surface area contributed by atoms with E-state index in [4.69, 9.17) is 4.74 Å². The van der Waals surface area contributed by atoms with Crippen LogP contribution in [0, 0.1) is 15.9 Å². The molecule has 6 nitrogen and oxygen atoms in total. The van der Waals surface area contributed by atoms with E-state index >= 15 is 0 Å². The number of rotatable bonds is 5. The van der Waals surface area contributed by atoms with Crippen molar-refractivity contribution in [2.24, 2.45) is 0 Å². The predicted molar refractivity (Wildman–Crippen MR) is 73.8 cm³/mol. The summed E-state index contributed by atoms with van der Waals surface area (Å²) in [7, 11) is 1.30. The number of methoxy groups -OCH3 is 1. The molecular weight excluding hydrogens is 285 g/mol. The third-order valence-corrected chi connectivity index (χ3v) is 3.62. The third-order valence-electron chi connectivity index (χ3n) is 2.66. The van der Waals surface area contributed by atoms with Gasteiger partial charge in [0.05, 0.1) is 29.8 Å². The Morgan fingerprint density at radius 1 is 1.55 bits per heavy atom. The highest BCUT2D eigenvalue weighted by Crippen LogP contribution is 2.33. The summed E-state index contributed by atoms with van der Waals surface area (Å²) in [4.78, 5) is 14.2. The van der Waals surface area contributed by atoms with Gasteiger partial charge in [-0.05, 0) is 6.92 Å². The van der Waals surface area contributed by atoms with Gasteiger partial charge in [0.2, 0.25) is 0 Å². The van der Waals surface area contributed by atoms with Crippen LogP contribution in [0.3, 0.4) is 0 Å². The quantitative estimate of drug-likeness (QED) is 0.676. The molecule has 1 N–H and O–H groups in total. The van der Waals surface area contributed by atoms with Crippen LogP contribution in [0.25, 0.3) is 0 Å². The van der Waals surface area contributed by atoms with Crippen LogP contribution in [0.4, 0.5) is 15.8 Å². The molecule has 1 atom stereocenters. The van der Waals surface area contributed by atoms with E-state index in [2.05, 4.69) is 10.3 Å². The van der Waals surface area contributed by atoms with Crippen molar-refractivity contribution in [2.45, 2.75) is 13.0 Å². The highest BCUT2D eigenvalue weighted by molar-refractivity contribution is 7.09. The summed E-state index contributed by atoms with van der Waals surface area (Å²) in [5.41, 5.74) is -0.271. The maximum Gasteiger partial charge on any atom is 0.313 e. The average molecular weight is 297 g/mol. The first kappa shape index (κ1) is 14.2. The molecule has 1 aromatic carbocycles. The van der Waals surface area contributed by atoms with Gasteiger partial charge in [-0.2, -0.15) is 0 Å². The van der Waals surface area contributed by atoms with Crippen molar-refractivity contribution in [3.05, 3.63) is 44.6 Å². The number of nitrogens with one attached hydrogen (secondary N) is 1. The lowest BCUT2D eigenvalue weighted by atomic mass is 10.2. The van der Waals surface area contributed by atoms with Crippen molar-refractivity contribution < 1.29 is 14.1 Å². The molecule has 0 aliphatic heterocycles. The van der Waals surface area contributed by atoms with E-state index in [1.807, 2.05) is 12.3 Å². The first-order valence-electron chi connectivity index (χ1n) is 5.70. The Hall–Kier alpha value is -2.22. The second-order valence-electron chi connectivity index (χ2n) is 4.00. The van der Waals surface area contributed by atoms with Gasteiger partial charge in [-0.25, -0.2) is 9.37 Å². The van der Waals surface area contributed by atoms with Crippen LogP contribution < -0.4 is 10.1 Å². The van der Waals surface area contributed by atoms with Crippen LogP contribution in [0.1, 0.15) is 18.0 Å². The minimum Gasteiger partial charge on any atom is -0.490 e. The average Bonchev–Trinajstić information content (AvgIpc) is 2.94. The van der Waals surface area contributed by atoms with E-state index in [0.717, 1.165) is 11.1 Å². The molecule has 0 fully saturated rings. The van der Waals surface area contributed by atoms with Crippen molar-refractivity contribution in [3.63, 3.8) is 0 Å². The van der Waals surface area contributed by atoms with Crippen molar-refractivity contribution in [1.82, 2.24) is 4.98 Å². The van der Waals surface area contributed by atoms with Crippen molar-refractivity contribution in [1.29, 1.82) is 0 Å². The Morgan fingerprint density at radius 3 is 2.85 bits per heavy atom. The molecule has 0 spiro atoms. The number of nitro groups is 1. The third kappa shape index (κ3) is 2.85. The lowest BCUT2D eigenvalue weighted by molar-refractivity contribution is -0.385. The highest BCUT2D eigenvalue weighted by atomic mass is 32.1. The van der Waals surface area contributed by atoms with Gasteiger partial charge < -0.3 is 10.1 Å². The fraction of sp³-hybridized carbons (Fsp3) is 0.250. The number of nitro benzene ring substituents is 1. The van der Waals surface area contributed by atoms with Gasteiger partial charge in [-0.15, -0.1) is 11.3 Å². The molecule has 2 aromatic rings. The van der Waals surface area contributed by atoms with Crippen LogP contribution in [0.5, 0.6) is 5.75 Å². The first-order chi connectivity index (χ1) is 9.52. The molecule has 20 heavy (non-hydrogen) atoms. The minimum atomic E-state index is -0.707. The number of anilines is 1. The molecule has 106 valence electrons. The Bertz CT molecular complexity index is 619. The lowest BCUT2D eigenvalue weighted by Crippen LogP contribution is -2.08. The SMILES string of the molecule is COc1cc(NC(C)c2nccs2)c(F)cc1[N+](=O)[O-]. The monoisotopic (exact) mass is 297 g/mol. The molecule has 1 aromatic heterocycles. The number of benzene rings is 1. The van der Waals surface area contributed by atoms with Crippen LogP contribution >= 0.6 is 11.3 Å². The van der Waals surface area contributed by atoms with Crippen molar-refractivity contribution >= 4 is 22.7 Å². The summed E-state index contributed by atoms with van der Waals surface area (Å²) in [6.45, 7) is 1.83. The van der Waals surface area contributed by atoms with Crippen LogP contribution in [0.2, 0.25) is 0 Å². The second kappa shape index (κ2) is 5.83. The van der Waals surface area contributed by atoms with Gasteiger partial charge in [0.1, 0.15) is 5.01 Å². The molecule has 8 heteroatoms. The van der Waals surface area contributed by atoms with E-state index in [-0.39, 0.29) is 17.5 Å². The Balaban J connectivity index is 2.30. The van der Waals surface area contributed by atoms with Gasteiger partial charge in [-0.3, -0.25) is 10.1 Å². The summed E-state index contributed by atoms with van der Waals surface area (Å²) in [6.07, 6.45) is 1.66. The van der Waals surface area contributed by atoms with Gasteiger partial charge in [0, 0.05) is 17.6 Å². The molecule has 0 radical (unpaired) electrons. The number of hydrogen-bond donors (Lipinski definition) is 1. The van der Waals surface area contributed by atoms with E-state index in [9.17, 15) is 14.5 Å². The molecule has 0 saturated heterocycles. The maximum absolute atomic E-state index is 13.9. The zero-order valence-corrected chi connectivity index (χ0v) is 11.6. The molecule has 1 heterocycles. The molecule has 0 aliphatic carbocycles. The van der Waals surface area contributed by atoms with Crippen molar-refractivity contribution in [3.8, 4) is 5.75 Å². The van der Waals surface area contributed by atoms with Gasteiger partial charge in [-0.1, -0.05) is 0 Å². The van der Waals surface area contributed by atoms with E-state index in [1.54, 1.807) is 6.20 Å². The van der Waals surface area contributed by atoms with Crippen LogP contribution in [-0.2, 0) is 0 Å². The Kier molecular flexibility index (Phi) is 4.14. The topological polar surface area (TPSA) is 77.3 Å². The largest absolute Gasteiger partial charge is 0.490 e. The second-order valence-corrected chi connectivity index (χ2v) is 4.92. The molecule has 0 amide bonds. The highest BCUT2D eigenvalue weighted by Gasteiger charge is 2.20. The number of aromatic nitrogens is 1. The molecule has 0 aliphatic rings. The number of ether oxygens (including phenoxy) is 1. The van der Waals surface area contributed by atoms with Crippen LogP contribution in [-0.4, -0.2) is 17.0 Å². The molecule has 0 saturated carbocycles. The number of halogens is 1. The first-order valence-corrected chi connectivity index (χ1v) is 6.58. The molecule has 0 bridgehead atoms. The normalized spacial score (nSPS) is 11.9. The Morgan fingerprint density at radius 2 is 2.30 bits per heavy atom. The smallest absolute Gasteiger partial charge is 0.313 e. The maximum atomic E-state index is 13.9. The van der Waals surface area contributed by atoms with E-state index < -0.39 is 16.4 Å². The van der Waals surface area contributed by atoms with Crippen molar-refractivity contribution in [2.75, 3.05) is 12.4 Å². The summed E-state index contributed by atoms with van der Waals surface area (Å²) in [6, 6.07) is 1.91. The zero-order valence-electron chi connectivity index (χ0n) is 10.8. The van der Waals surface area contributed by atoms with Crippen LogP contribution in [0.15, 0.2) is 23.7 Å².